The number of rotatable bonds is 6. The van der Waals surface area contributed by atoms with Crippen molar-refractivity contribution in [2.45, 2.75) is 24.7 Å². The van der Waals surface area contributed by atoms with E-state index in [2.05, 4.69) is 9.62 Å². The molecule has 1 saturated heterocycles. The standard InChI is InChI=1S/C14H22FN3O2S/c1-11(10-18-7-2-3-8-18)9-17-21(19,20)14-12(15)5-4-6-13(14)16/h4-6,11,17H,2-3,7-10,16H2,1H3. The molecule has 0 saturated carbocycles. The number of nitrogen functional groups attached to an aromatic ring is 1. The van der Waals surface area contributed by atoms with Crippen LogP contribution in [0.3, 0.4) is 0 Å². The molecule has 1 aliphatic heterocycles. The Hall–Kier alpha value is -1.18. The Labute approximate surface area is 125 Å². The Bertz CT molecular complexity index is 566. The lowest BCUT2D eigenvalue weighted by molar-refractivity contribution is 0.288. The first-order valence-electron chi connectivity index (χ1n) is 7.16. The van der Waals surface area contributed by atoms with Crippen molar-refractivity contribution in [2.75, 3.05) is 31.9 Å². The van der Waals surface area contributed by atoms with E-state index >= 15 is 0 Å². The van der Waals surface area contributed by atoms with Crippen molar-refractivity contribution in [1.82, 2.24) is 9.62 Å². The molecule has 2 rings (SSSR count). The zero-order valence-electron chi connectivity index (χ0n) is 12.2. The highest BCUT2D eigenvalue weighted by Crippen LogP contribution is 2.21. The first kappa shape index (κ1) is 16.2. The highest BCUT2D eigenvalue weighted by Gasteiger charge is 2.23. The smallest absolute Gasteiger partial charge is 0.245 e. The number of anilines is 1. The predicted octanol–water partition coefficient (Wildman–Crippen LogP) is 1.42. The van der Waals surface area contributed by atoms with Crippen molar-refractivity contribution >= 4 is 15.7 Å². The van der Waals surface area contributed by atoms with Crippen LogP contribution < -0.4 is 10.5 Å². The Balaban J connectivity index is 1.97. The summed E-state index contributed by atoms with van der Waals surface area (Å²) in [5, 5.41) is 0. The molecule has 1 heterocycles. The molecular weight excluding hydrogens is 293 g/mol. The predicted molar refractivity (Wildman–Crippen MR) is 80.8 cm³/mol. The van der Waals surface area contributed by atoms with Crippen LogP contribution in [0.5, 0.6) is 0 Å². The van der Waals surface area contributed by atoms with Gasteiger partial charge in [0.25, 0.3) is 0 Å². The first-order chi connectivity index (χ1) is 9.90. The second-order valence-electron chi connectivity index (χ2n) is 5.62. The van der Waals surface area contributed by atoms with Gasteiger partial charge >= 0.3 is 0 Å². The maximum absolute atomic E-state index is 13.7. The van der Waals surface area contributed by atoms with Gasteiger partial charge in [-0.25, -0.2) is 17.5 Å². The molecule has 0 bridgehead atoms. The van der Waals surface area contributed by atoms with Crippen LogP contribution >= 0.6 is 0 Å². The van der Waals surface area contributed by atoms with E-state index < -0.39 is 20.7 Å². The molecule has 0 radical (unpaired) electrons. The molecule has 118 valence electrons. The summed E-state index contributed by atoms with van der Waals surface area (Å²) in [6.45, 7) is 5.22. The summed E-state index contributed by atoms with van der Waals surface area (Å²) in [4.78, 5) is 1.86. The van der Waals surface area contributed by atoms with E-state index in [1.54, 1.807) is 0 Å². The average Bonchev–Trinajstić information content (AvgIpc) is 2.89. The third-order valence-electron chi connectivity index (χ3n) is 3.66. The fourth-order valence-corrected chi connectivity index (χ4v) is 3.96. The molecule has 5 nitrogen and oxygen atoms in total. The third-order valence-corrected chi connectivity index (χ3v) is 5.17. The van der Waals surface area contributed by atoms with Gasteiger partial charge < -0.3 is 10.6 Å². The van der Waals surface area contributed by atoms with Gasteiger partial charge in [-0.1, -0.05) is 13.0 Å². The second-order valence-corrected chi connectivity index (χ2v) is 7.33. The number of nitrogens with two attached hydrogens (primary N) is 1. The first-order valence-corrected chi connectivity index (χ1v) is 8.64. The largest absolute Gasteiger partial charge is 0.398 e. The van der Waals surface area contributed by atoms with E-state index in [1.165, 1.54) is 25.0 Å². The average molecular weight is 315 g/mol. The van der Waals surface area contributed by atoms with Gasteiger partial charge in [0.1, 0.15) is 10.7 Å². The molecule has 1 unspecified atom stereocenters. The normalized spacial score (nSPS) is 18.0. The summed E-state index contributed by atoms with van der Waals surface area (Å²) in [6, 6.07) is 3.86. The number of benzene rings is 1. The third kappa shape index (κ3) is 4.15. The lowest BCUT2D eigenvalue weighted by atomic mass is 10.2. The molecule has 21 heavy (non-hydrogen) atoms. The fourth-order valence-electron chi connectivity index (χ4n) is 2.60. The second kappa shape index (κ2) is 6.72. The lowest BCUT2D eigenvalue weighted by Crippen LogP contribution is -2.35. The van der Waals surface area contributed by atoms with Gasteiger partial charge in [-0.3, -0.25) is 0 Å². The van der Waals surface area contributed by atoms with Crippen LogP contribution in [0.2, 0.25) is 0 Å². The van der Waals surface area contributed by atoms with Crippen LogP contribution in [0.4, 0.5) is 10.1 Å². The minimum Gasteiger partial charge on any atom is -0.398 e. The Morgan fingerprint density at radius 1 is 1.38 bits per heavy atom. The summed E-state index contributed by atoms with van der Waals surface area (Å²) >= 11 is 0. The maximum atomic E-state index is 13.7. The number of nitrogens with zero attached hydrogens (tertiary/aromatic N) is 1. The molecule has 1 fully saturated rings. The van der Waals surface area contributed by atoms with Crippen LogP contribution in [0.25, 0.3) is 0 Å². The van der Waals surface area contributed by atoms with E-state index in [1.807, 2.05) is 6.92 Å². The number of likely N-dealkylation sites (tertiary alicyclic amines) is 1. The number of sulfonamides is 1. The molecule has 1 atom stereocenters. The molecule has 0 spiro atoms. The van der Waals surface area contributed by atoms with Crippen molar-refractivity contribution in [2.24, 2.45) is 5.92 Å². The summed E-state index contributed by atoms with van der Waals surface area (Å²) in [5.41, 5.74) is 5.50. The minimum atomic E-state index is -3.92. The van der Waals surface area contributed by atoms with Gasteiger partial charge in [-0.05, 0) is 44.0 Å². The van der Waals surface area contributed by atoms with Gasteiger partial charge in [0.05, 0.1) is 5.69 Å². The number of hydrogen-bond donors (Lipinski definition) is 2. The summed E-state index contributed by atoms with van der Waals surface area (Å²) in [5.74, 6) is -0.666. The van der Waals surface area contributed by atoms with Crippen LogP contribution in [-0.4, -0.2) is 39.5 Å². The van der Waals surface area contributed by atoms with Gasteiger partial charge in [0.15, 0.2) is 0 Å². The van der Waals surface area contributed by atoms with E-state index in [-0.39, 0.29) is 18.2 Å². The molecule has 1 aromatic carbocycles. The van der Waals surface area contributed by atoms with E-state index in [9.17, 15) is 12.8 Å². The van der Waals surface area contributed by atoms with Crippen LogP contribution in [0.15, 0.2) is 23.1 Å². The van der Waals surface area contributed by atoms with Gasteiger partial charge in [0, 0.05) is 13.1 Å². The van der Waals surface area contributed by atoms with Crippen LogP contribution in [-0.2, 0) is 10.0 Å². The van der Waals surface area contributed by atoms with E-state index in [0.717, 1.165) is 25.7 Å². The monoisotopic (exact) mass is 315 g/mol. The molecule has 0 aliphatic carbocycles. The molecule has 1 aliphatic rings. The Morgan fingerprint density at radius 3 is 2.67 bits per heavy atom. The minimum absolute atomic E-state index is 0.0744. The van der Waals surface area contributed by atoms with Crippen LogP contribution in [0, 0.1) is 11.7 Å². The molecule has 0 aromatic heterocycles. The highest BCUT2D eigenvalue weighted by atomic mass is 32.2. The number of halogens is 1. The Morgan fingerprint density at radius 2 is 2.05 bits per heavy atom. The molecular formula is C14H22FN3O2S. The number of hydrogen-bond acceptors (Lipinski definition) is 4. The topological polar surface area (TPSA) is 75.4 Å². The lowest BCUT2D eigenvalue weighted by Gasteiger charge is -2.20. The zero-order chi connectivity index (χ0) is 15.5. The number of nitrogens with one attached hydrogen (secondary N) is 1. The highest BCUT2D eigenvalue weighted by molar-refractivity contribution is 7.89. The molecule has 7 heteroatoms. The molecule has 0 amide bonds. The SMILES string of the molecule is CC(CNS(=O)(=O)c1c(N)cccc1F)CN1CCCC1. The summed E-state index contributed by atoms with van der Waals surface area (Å²) < 4.78 is 40.5. The van der Waals surface area contributed by atoms with Crippen molar-refractivity contribution in [1.29, 1.82) is 0 Å². The van der Waals surface area contributed by atoms with Gasteiger partial charge in [-0.15, -0.1) is 0 Å². The molecule has 1 aromatic rings. The van der Waals surface area contributed by atoms with Crippen LogP contribution in [0.1, 0.15) is 19.8 Å². The molecule has 3 N–H and O–H groups in total. The van der Waals surface area contributed by atoms with Crippen molar-refractivity contribution in [3.8, 4) is 0 Å². The van der Waals surface area contributed by atoms with Crippen molar-refractivity contribution in [3.63, 3.8) is 0 Å². The maximum Gasteiger partial charge on any atom is 0.245 e. The van der Waals surface area contributed by atoms with Gasteiger partial charge in [-0.2, -0.15) is 0 Å². The Kier molecular flexibility index (Phi) is 5.18. The van der Waals surface area contributed by atoms with E-state index in [4.69, 9.17) is 5.73 Å². The summed E-state index contributed by atoms with van der Waals surface area (Å²) in [7, 11) is -3.92. The fraction of sp³-hybridized carbons (Fsp3) is 0.571. The van der Waals surface area contributed by atoms with Crippen molar-refractivity contribution < 1.29 is 12.8 Å². The quantitative estimate of drug-likeness (QED) is 0.779. The summed E-state index contributed by atoms with van der Waals surface area (Å²) in [6.07, 6.45) is 2.40. The zero-order valence-corrected chi connectivity index (χ0v) is 13.0. The van der Waals surface area contributed by atoms with E-state index in [0.29, 0.717) is 0 Å². The van der Waals surface area contributed by atoms with Gasteiger partial charge in [0.2, 0.25) is 10.0 Å². The van der Waals surface area contributed by atoms with Crippen molar-refractivity contribution in [3.05, 3.63) is 24.0 Å².